The van der Waals surface area contributed by atoms with Crippen molar-refractivity contribution in [1.29, 1.82) is 0 Å². The van der Waals surface area contributed by atoms with Gasteiger partial charge in [0.05, 0.1) is 6.54 Å². The van der Waals surface area contributed by atoms with E-state index in [-0.39, 0.29) is 25.0 Å². The molecule has 1 unspecified atom stereocenters. The molecule has 29 heavy (non-hydrogen) atoms. The average Bonchev–Trinajstić information content (AvgIpc) is 2.77. The van der Waals surface area contributed by atoms with Gasteiger partial charge >= 0.3 is 0 Å². The molecular weight excluding hydrogens is 366 g/mol. The number of ether oxygens (including phenoxy) is 1. The molecule has 0 heterocycles. The van der Waals surface area contributed by atoms with E-state index in [4.69, 9.17) is 10.5 Å². The quantitative estimate of drug-likeness (QED) is 0.666. The molecule has 156 valence electrons. The number of nitrogens with zero attached hydrogens (tertiary/aromatic N) is 2. The van der Waals surface area contributed by atoms with Crippen molar-refractivity contribution in [2.75, 3.05) is 36.5 Å². The lowest BCUT2D eigenvalue weighted by molar-refractivity contribution is -0.120. The van der Waals surface area contributed by atoms with E-state index in [1.807, 2.05) is 42.5 Å². The van der Waals surface area contributed by atoms with Crippen molar-refractivity contribution in [3.8, 4) is 5.75 Å². The minimum Gasteiger partial charge on any atom is -0.484 e. The molecular formula is C23H31N3O3. The zero-order valence-electron chi connectivity index (χ0n) is 17.5. The molecule has 2 rings (SSSR count). The fourth-order valence-electron chi connectivity index (χ4n) is 2.84. The van der Waals surface area contributed by atoms with E-state index in [0.717, 1.165) is 24.2 Å². The number of hydrogen-bond acceptors (Lipinski definition) is 4. The van der Waals surface area contributed by atoms with Crippen LogP contribution in [0.15, 0.2) is 54.6 Å². The molecule has 1 atom stereocenters. The van der Waals surface area contributed by atoms with Crippen LogP contribution in [0.5, 0.6) is 5.75 Å². The van der Waals surface area contributed by atoms with E-state index in [2.05, 4.69) is 13.8 Å². The number of carbonyl (C=O) groups is 2. The van der Waals surface area contributed by atoms with Crippen molar-refractivity contribution in [1.82, 2.24) is 0 Å². The third-order valence-electron chi connectivity index (χ3n) is 5.03. The lowest BCUT2D eigenvalue weighted by Crippen LogP contribution is -2.37. The summed E-state index contributed by atoms with van der Waals surface area (Å²) < 4.78 is 5.70. The van der Waals surface area contributed by atoms with Crippen LogP contribution in [0.2, 0.25) is 0 Å². The number of benzene rings is 2. The van der Waals surface area contributed by atoms with Crippen LogP contribution in [0.3, 0.4) is 0 Å². The van der Waals surface area contributed by atoms with E-state index < -0.39 is 0 Å². The van der Waals surface area contributed by atoms with Crippen LogP contribution in [-0.4, -0.2) is 38.6 Å². The summed E-state index contributed by atoms with van der Waals surface area (Å²) in [6.07, 6.45) is 1.96. The van der Waals surface area contributed by atoms with Gasteiger partial charge in [0.15, 0.2) is 6.61 Å². The fourth-order valence-corrected chi connectivity index (χ4v) is 2.84. The van der Waals surface area contributed by atoms with E-state index in [0.29, 0.717) is 18.2 Å². The van der Waals surface area contributed by atoms with Crippen LogP contribution in [0.1, 0.15) is 26.7 Å². The smallest absolute Gasteiger partial charge is 0.264 e. The third-order valence-corrected chi connectivity index (χ3v) is 5.03. The van der Waals surface area contributed by atoms with Crippen molar-refractivity contribution < 1.29 is 14.3 Å². The Balaban J connectivity index is 2.04. The molecule has 0 fully saturated rings. The third kappa shape index (κ3) is 6.61. The molecule has 0 bridgehead atoms. The Morgan fingerprint density at radius 3 is 2.38 bits per heavy atom. The first-order chi connectivity index (χ1) is 14.0. The lowest BCUT2D eigenvalue weighted by Gasteiger charge is -2.24. The molecule has 2 amide bonds. The first-order valence-corrected chi connectivity index (χ1v) is 10.0. The topological polar surface area (TPSA) is 75.9 Å². The van der Waals surface area contributed by atoms with Gasteiger partial charge in [-0.05, 0) is 36.6 Å². The summed E-state index contributed by atoms with van der Waals surface area (Å²) >= 11 is 0. The summed E-state index contributed by atoms with van der Waals surface area (Å²) in [5.41, 5.74) is 7.13. The number of hydrogen-bond donors (Lipinski definition) is 1. The Morgan fingerprint density at radius 2 is 1.72 bits per heavy atom. The number of likely N-dealkylation sites (N-methyl/N-ethyl adjacent to an activating group) is 1. The maximum Gasteiger partial charge on any atom is 0.264 e. The molecule has 6 heteroatoms. The van der Waals surface area contributed by atoms with Gasteiger partial charge in [-0.15, -0.1) is 0 Å². The van der Waals surface area contributed by atoms with Crippen LogP contribution in [-0.2, 0) is 9.59 Å². The standard InChI is InChI=1S/C23H31N3O3/c1-4-18(2)13-14-26(22(27)16-24)20-11-8-12-21(15-20)29-17-23(28)25(3)19-9-6-5-7-10-19/h5-12,15,18H,4,13-14,16-17,24H2,1-3H3. The van der Waals surface area contributed by atoms with Gasteiger partial charge in [0.1, 0.15) is 5.75 Å². The van der Waals surface area contributed by atoms with Crippen molar-refractivity contribution in [2.45, 2.75) is 26.7 Å². The van der Waals surface area contributed by atoms with Gasteiger partial charge in [0.25, 0.3) is 5.91 Å². The first-order valence-electron chi connectivity index (χ1n) is 10.0. The lowest BCUT2D eigenvalue weighted by atomic mass is 10.0. The summed E-state index contributed by atoms with van der Waals surface area (Å²) in [5.74, 6) is 0.767. The van der Waals surface area contributed by atoms with Gasteiger partial charge in [-0.25, -0.2) is 0 Å². The second kappa shape index (κ2) is 11.2. The molecule has 0 aliphatic carbocycles. The van der Waals surface area contributed by atoms with Crippen LogP contribution in [0, 0.1) is 5.92 Å². The second-order valence-corrected chi connectivity index (χ2v) is 7.13. The van der Waals surface area contributed by atoms with Crippen LogP contribution >= 0.6 is 0 Å². The van der Waals surface area contributed by atoms with Crippen LogP contribution in [0.25, 0.3) is 0 Å². The van der Waals surface area contributed by atoms with Gasteiger partial charge in [-0.2, -0.15) is 0 Å². The maximum absolute atomic E-state index is 12.4. The monoisotopic (exact) mass is 397 g/mol. The molecule has 0 saturated carbocycles. The van der Waals surface area contributed by atoms with Gasteiger partial charge < -0.3 is 20.3 Å². The highest BCUT2D eigenvalue weighted by molar-refractivity contribution is 5.95. The molecule has 0 spiro atoms. The molecule has 0 aliphatic heterocycles. The van der Waals surface area contributed by atoms with E-state index in [1.54, 1.807) is 29.0 Å². The number of rotatable bonds is 10. The maximum atomic E-state index is 12.4. The van der Waals surface area contributed by atoms with Crippen molar-refractivity contribution in [2.24, 2.45) is 11.7 Å². The summed E-state index contributed by atoms with van der Waals surface area (Å²) in [4.78, 5) is 28.0. The highest BCUT2D eigenvalue weighted by Gasteiger charge is 2.17. The molecule has 0 saturated heterocycles. The molecule has 2 aromatic carbocycles. The van der Waals surface area contributed by atoms with E-state index >= 15 is 0 Å². The summed E-state index contributed by atoms with van der Waals surface area (Å²) in [5, 5.41) is 0. The molecule has 2 N–H and O–H groups in total. The highest BCUT2D eigenvalue weighted by Crippen LogP contribution is 2.23. The van der Waals surface area contributed by atoms with Crippen LogP contribution < -0.4 is 20.3 Å². The molecule has 0 radical (unpaired) electrons. The first kappa shape index (κ1) is 22.4. The summed E-state index contributed by atoms with van der Waals surface area (Å²) in [6.45, 7) is 4.76. The average molecular weight is 398 g/mol. The summed E-state index contributed by atoms with van der Waals surface area (Å²) in [7, 11) is 1.72. The van der Waals surface area contributed by atoms with E-state index in [9.17, 15) is 9.59 Å². The minimum atomic E-state index is -0.159. The zero-order valence-corrected chi connectivity index (χ0v) is 17.5. The molecule has 0 aliphatic rings. The molecule has 6 nitrogen and oxygen atoms in total. The minimum absolute atomic E-state index is 0.0497. The summed E-state index contributed by atoms with van der Waals surface area (Å²) in [6, 6.07) is 16.6. The Morgan fingerprint density at radius 1 is 1.03 bits per heavy atom. The fraction of sp³-hybridized carbons (Fsp3) is 0.391. The largest absolute Gasteiger partial charge is 0.484 e. The van der Waals surface area contributed by atoms with Crippen molar-refractivity contribution >= 4 is 23.2 Å². The predicted octanol–water partition coefficient (Wildman–Crippen LogP) is 3.46. The Labute approximate surface area is 173 Å². The van der Waals surface area contributed by atoms with Gasteiger partial charge in [-0.1, -0.05) is 44.5 Å². The number of anilines is 2. The second-order valence-electron chi connectivity index (χ2n) is 7.13. The Hall–Kier alpha value is -2.86. The van der Waals surface area contributed by atoms with Gasteiger partial charge in [-0.3, -0.25) is 9.59 Å². The van der Waals surface area contributed by atoms with Crippen molar-refractivity contribution in [3.63, 3.8) is 0 Å². The molecule has 2 aromatic rings. The highest BCUT2D eigenvalue weighted by atomic mass is 16.5. The number of carbonyl (C=O) groups excluding carboxylic acids is 2. The van der Waals surface area contributed by atoms with Crippen molar-refractivity contribution in [3.05, 3.63) is 54.6 Å². The molecule has 0 aromatic heterocycles. The number of nitrogens with two attached hydrogens (primary N) is 1. The normalized spacial score (nSPS) is 11.6. The SMILES string of the molecule is CCC(C)CCN(C(=O)CN)c1cccc(OCC(=O)N(C)c2ccccc2)c1. The van der Waals surface area contributed by atoms with Gasteiger partial charge in [0, 0.05) is 31.0 Å². The Bertz CT molecular complexity index is 795. The van der Waals surface area contributed by atoms with Crippen LogP contribution in [0.4, 0.5) is 11.4 Å². The zero-order chi connectivity index (χ0) is 21.2. The predicted molar refractivity (Wildman–Crippen MR) is 117 cm³/mol. The van der Waals surface area contributed by atoms with E-state index in [1.165, 1.54) is 0 Å². The van der Waals surface area contributed by atoms with Gasteiger partial charge in [0.2, 0.25) is 5.91 Å². The number of para-hydroxylation sites is 1. The Kier molecular flexibility index (Phi) is 8.68. The number of amides is 2.